The number of halogens is 3. The van der Waals surface area contributed by atoms with Crippen molar-refractivity contribution in [2.45, 2.75) is 4.90 Å². The van der Waals surface area contributed by atoms with Crippen LogP contribution in [0.3, 0.4) is 0 Å². The Labute approximate surface area is 170 Å². The van der Waals surface area contributed by atoms with Crippen molar-refractivity contribution in [3.05, 3.63) is 69.3 Å². The minimum atomic E-state index is -4.22. The Morgan fingerprint density at radius 3 is 2.44 bits per heavy atom. The Balaban J connectivity index is 1.91. The second-order valence-corrected chi connectivity index (χ2v) is 8.49. The Bertz CT molecular complexity index is 1140. The van der Waals surface area contributed by atoms with E-state index in [1.165, 1.54) is 22.9 Å². The summed E-state index contributed by atoms with van der Waals surface area (Å²) in [6.45, 7) is 0. The summed E-state index contributed by atoms with van der Waals surface area (Å²) in [6, 6.07) is 12.4. The standard InChI is InChI=1S/C17H12Cl3N3O3S/c1-23-15(10-3-2-4-11(18)7-10)9-14(21-23)17(24)22-27(25,26)16-8-12(19)5-6-13(16)20/h2-9H,1H3,(H,22,24). The van der Waals surface area contributed by atoms with Gasteiger partial charge < -0.3 is 0 Å². The van der Waals surface area contributed by atoms with Crippen LogP contribution in [0.4, 0.5) is 0 Å². The molecule has 6 nitrogen and oxygen atoms in total. The molecule has 0 fully saturated rings. The topological polar surface area (TPSA) is 81.1 Å². The quantitative estimate of drug-likeness (QED) is 0.655. The monoisotopic (exact) mass is 443 g/mol. The van der Waals surface area contributed by atoms with E-state index in [0.717, 1.165) is 11.6 Å². The summed E-state index contributed by atoms with van der Waals surface area (Å²) in [5.41, 5.74) is 1.26. The molecule has 0 radical (unpaired) electrons. The van der Waals surface area contributed by atoms with E-state index in [1.807, 2.05) is 4.72 Å². The van der Waals surface area contributed by atoms with Crippen molar-refractivity contribution in [1.82, 2.24) is 14.5 Å². The van der Waals surface area contributed by atoms with E-state index in [-0.39, 0.29) is 20.6 Å². The first-order valence-electron chi connectivity index (χ1n) is 7.49. The van der Waals surface area contributed by atoms with E-state index in [9.17, 15) is 13.2 Å². The van der Waals surface area contributed by atoms with E-state index >= 15 is 0 Å². The third-order valence-corrected chi connectivity index (χ3v) is 5.93. The summed E-state index contributed by atoms with van der Waals surface area (Å²) in [5, 5.41) is 4.72. The Hall–Kier alpha value is -2.06. The molecule has 0 aliphatic rings. The first-order valence-corrected chi connectivity index (χ1v) is 10.1. The molecule has 1 aromatic heterocycles. The maximum Gasteiger partial charge on any atom is 0.285 e. The van der Waals surface area contributed by atoms with Gasteiger partial charge in [-0.05, 0) is 36.4 Å². The van der Waals surface area contributed by atoms with Gasteiger partial charge in [0, 0.05) is 22.7 Å². The fourth-order valence-electron chi connectivity index (χ4n) is 2.41. The van der Waals surface area contributed by atoms with Gasteiger partial charge in [0.25, 0.3) is 15.9 Å². The van der Waals surface area contributed by atoms with Gasteiger partial charge in [0.2, 0.25) is 0 Å². The minimum absolute atomic E-state index is 0.0552. The number of aromatic nitrogens is 2. The first-order chi connectivity index (χ1) is 12.7. The van der Waals surface area contributed by atoms with Crippen LogP contribution in [-0.4, -0.2) is 24.1 Å². The molecule has 2 aromatic carbocycles. The van der Waals surface area contributed by atoms with Crippen molar-refractivity contribution in [3.8, 4) is 11.3 Å². The van der Waals surface area contributed by atoms with Crippen molar-refractivity contribution in [2.75, 3.05) is 0 Å². The molecule has 0 unspecified atom stereocenters. The highest BCUT2D eigenvalue weighted by molar-refractivity contribution is 7.90. The lowest BCUT2D eigenvalue weighted by Crippen LogP contribution is -2.31. The third kappa shape index (κ3) is 4.27. The smallest absolute Gasteiger partial charge is 0.267 e. The molecule has 3 aromatic rings. The predicted molar refractivity (Wildman–Crippen MR) is 105 cm³/mol. The van der Waals surface area contributed by atoms with Crippen molar-refractivity contribution in [3.63, 3.8) is 0 Å². The molecule has 27 heavy (non-hydrogen) atoms. The van der Waals surface area contributed by atoms with Crippen LogP contribution in [0.25, 0.3) is 11.3 Å². The van der Waals surface area contributed by atoms with E-state index in [0.29, 0.717) is 10.7 Å². The van der Waals surface area contributed by atoms with Gasteiger partial charge in [-0.3, -0.25) is 9.48 Å². The van der Waals surface area contributed by atoms with Gasteiger partial charge in [-0.15, -0.1) is 0 Å². The average Bonchev–Trinajstić information content (AvgIpc) is 2.98. The fourth-order valence-corrected chi connectivity index (χ4v) is 4.32. The molecule has 1 amide bonds. The van der Waals surface area contributed by atoms with Crippen LogP contribution < -0.4 is 4.72 Å². The number of benzene rings is 2. The highest BCUT2D eigenvalue weighted by Gasteiger charge is 2.24. The van der Waals surface area contributed by atoms with E-state index in [1.54, 1.807) is 31.3 Å². The summed E-state index contributed by atoms with van der Waals surface area (Å²) >= 11 is 17.7. The SMILES string of the molecule is Cn1nc(C(=O)NS(=O)(=O)c2cc(Cl)ccc2Cl)cc1-c1cccc(Cl)c1. The van der Waals surface area contributed by atoms with Crippen LogP contribution in [0.5, 0.6) is 0 Å². The maximum atomic E-state index is 12.5. The molecule has 1 heterocycles. The first kappa shape index (κ1) is 19.7. The lowest BCUT2D eigenvalue weighted by Gasteiger charge is -2.07. The average molecular weight is 445 g/mol. The minimum Gasteiger partial charge on any atom is -0.267 e. The number of hydrogen-bond donors (Lipinski definition) is 1. The highest BCUT2D eigenvalue weighted by atomic mass is 35.5. The molecule has 140 valence electrons. The largest absolute Gasteiger partial charge is 0.285 e. The van der Waals surface area contributed by atoms with Gasteiger partial charge in [-0.2, -0.15) is 5.10 Å². The molecular formula is C17H12Cl3N3O3S. The van der Waals surface area contributed by atoms with Crippen molar-refractivity contribution >= 4 is 50.7 Å². The number of nitrogens with zero attached hydrogens (tertiary/aromatic N) is 2. The number of nitrogens with one attached hydrogen (secondary N) is 1. The molecule has 1 N–H and O–H groups in total. The predicted octanol–water partition coefficient (Wildman–Crippen LogP) is 4.17. The third-order valence-electron chi connectivity index (χ3n) is 3.64. The molecule has 0 atom stereocenters. The molecule has 0 saturated carbocycles. The van der Waals surface area contributed by atoms with Crippen LogP contribution in [0.1, 0.15) is 10.5 Å². The zero-order chi connectivity index (χ0) is 19.8. The zero-order valence-corrected chi connectivity index (χ0v) is 16.9. The summed E-state index contributed by atoms with van der Waals surface area (Å²) < 4.78 is 28.3. The van der Waals surface area contributed by atoms with E-state index in [2.05, 4.69) is 5.10 Å². The number of amides is 1. The van der Waals surface area contributed by atoms with Crippen molar-refractivity contribution in [2.24, 2.45) is 7.05 Å². The Morgan fingerprint density at radius 2 is 1.74 bits per heavy atom. The number of sulfonamides is 1. The van der Waals surface area contributed by atoms with Crippen LogP contribution in [-0.2, 0) is 17.1 Å². The second-order valence-electron chi connectivity index (χ2n) is 5.56. The highest BCUT2D eigenvalue weighted by Crippen LogP contribution is 2.26. The van der Waals surface area contributed by atoms with Gasteiger partial charge in [0.15, 0.2) is 5.69 Å². The van der Waals surface area contributed by atoms with E-state index < -0.39 is 15.9 Å². The number of aryl methyl sites for hydroxylation is 1. The van der Waals surface area contributed by atoms with Crippen LogP contribution in [0, 0.1) is 0 Å². The Morgan fingerprint density at radius 1 is 1.04 bits per heavy atom. The van der Waals surface area contributed by atoms with Gasteiger partial charge in [0.1, 0.15) is 4.90 Å². The van der Waals surface area contributed by atoms with Gasteiger partial charge in [-0.25, -0.2) is 13.1 Å². The van der Waals surface area contributed by atoms with E-state index in [4.69, 9.17) is 34.8 Å². The van der Waals surface area contributed by atoms with Gasteiger partial charge in [-0.1, -0.05) is 46.9 Å². The molecule has 0 aliphatic carbocycles. The molecular weight excluding hydrogens is 433 g/mol. The summed E-state index contributed by atoms with van der Waals surface area (Å²) in [5.74, 6) is -0.894. The summed E-state index contributed by atoms with van der Waals surface area (Å²) in [7, 11) is -2.59. The van der Waals surface area contributed by atoms with Crippen LogP contribution in [0.2, 0.25) is 15.1 Å². The molecule has 0 saturated heterocycles. The lowest BCUT2D eigenvalue weighted by molar-refractivity contribution is 0.0976. The fraction of sp³-hybridized carbons (Fsp3) is 0.0588. The zero-order valence-electron chi connectivity index (χ0n) is 13.8. The molecule has 3 rings (SSSR count). The molecule has 0 bridgehead atoms. The number of carbonyl (C=O) groups is 1. The van der Waals surface area contributed by atoms with Crippen molar-refractivity contribution in [1.29, 1.82) is 0 Å². The lowest BCUT2D eigenvalue weighted by atomic mass is 10.1. The maximum absolute atomic E-state index is 12.5. The number of hydrogen-bond acceptors (Lipinski definition) is 4. The second kappa shape index (κ2) is 7.52. The summed E-state index contributed by atoms with van der Waals surface area (Å²) in [4.78, 5) is 12.1. The molecule has 0 spiro atoms. The normalized spacial score (nSPS) is 11.4. The van der Waals surface area contributed by atoms with Crippen LogP contribution in [0.15, 0.2) is 53.4 Å². The molecule has 10 heteroatoms. The van der Waals surface area contributed by atoms with Crippen molar-refractivity contribution < 1.29 is 13.2 Å². The Kier molecular flexibility index (Phi) is 5.48. The summed E-state index contributed by atoms with van der Waals surface area (Å²) in [6.07, 6.45) is 0. The van der Waals surface area contributed by atoms with Gasteiger partial charge >= 0.3 is 0 Å². The van der Waals surface area contributed by atoms with Gasteiger partial charge in [0.05, 0.1) is 10.7 Å². The number of rotatable bonds is 4. The number of carbonyl (C=O) groups excluding carboxylic acids is 1. The molecule has 0 aliphatic heterocycles. The van der Waals surface area contributed by atoms with Crippen LogP contribution >= 0.6 is 34.8 Å².